The molecule has 1 heterocycles. The first-order valence-corrected chi connectivity index (χ1v) is 7.20. The molecule has 0 bridgehead atoms. The zero-order valence-electron chi connectivity index (χ0n) is 10.3. The number of thioether (sulfide) groups is 1. The summed E-state index contributed by atoms with van der Waals surface area (Å²) in [6.07, 6.45) is 3.95. The number of benzene rings is 1. The summed E-state index contributed by atoms with van der Waals surface area (Å²) in [4.78, 5) is 15.1. The van der Waals surface area contributed by atoms with E-state index in [4.69, 9.17) is 0 Å². The molecule has 1 saturated heterocycles. The second kappa shape index (κ2) is 6.10. The monoisotopic (exact) mass is 249 g/mol. The molecular formula is C14H19NOS. The van der Waals surface area contributed by atoms with Crippen LogP contribution in [0.15, 0.2) is 35.2 Å². The lowest BCUT2D eigenvalue weighted by Crippen LogP contribution is -2.33. The number of carbonyl (C=O) groups is 1. The van der Waals surface area contributed by atoms with Gasteiger partial charge in [-0.2, -0.15) is 0 Å². The summed E-state index contributed by atoms with van der Waals surface area (Å²) in [6, 6.07) is 10.4. The number of carbonyl (C=O) groups excluding carboxylic acids is 1. The summed E-state index contributed by atoms with van der Waals surface area (Å²) in [5, 5.41) is 0.317. The van der Waals surface area contributed by atoms with Gasteiger partial charge in [0.1, 0.15) is 0 Å². The van der Waals surface area contributed by atoms with E-state index in [1.165, 1.54) is 4.90 Å². The van der Waals surface area contributed by atoms with Gasteiger partial charge in [-0.3, -0.25) is 4.79 Å². The van der Waals surface area contributed by atoms with Gasteiger partial charge >= 0.3 is 0 Å². The number of hydrogen-bond donors (Lipinski definition) is 0. The molecule has 1 aromatic carbocycles. The smallest absolute Gasteiger partial charge is 0.223 e. The van der Waals surface area contributed by atoms with E-state index < -0.39 is 0 Å². The molecule has 2 rings (SSSR count). The van der Waals surface area contributed by atoms with Crippen molar-refractivity contribution < 1.29 is 4.79 Å². The van der Waals surface area contributed by atoms with E-state index in [2.05, 4.69) is 36.1 Å². The van der Waals surface area contributed by atoms with E-state index in [9.17, 15) is 4.79 Å². The number of hydrogen-bond acceptors (Lipinski definition) is 2. The molecule has 92 valence electrons. The lowest BCUT2D eigenvalue weighted by Gasteiger charge is -2.27. The number of amides is 1. The van der Waals surface area contributed by atoms with Crippen molar-refractivity contribution in [3.63, 3.8) is 0 Å². The average Bonchev–Trinajstić information content (AvgIpc) is 2.76. The highest BCUT2D eigenvalue weighted by Gasteiger charge is 2.27. The lowest BCUT2D eigenvalue weighted by atomic mass is 10.3. The first-order valence-electron chi connectivity index (χ1n) is 6.32. The molecule has 1 amide bonds. The molecule has 1 fully saturated rings. The van der Waals surface area contributed by atoms with Crippen molar-refractivity contribution in [1.82, 2.24) is 4.90 Å². The van der Waals surface area contributed by atoms with Crippen LogP contribution in [0.1, 0.15) is 32.6 Å². The number of rotatable bonds is 5. The highest BCUT2D eigenvalue weighted by atomic mass is 32.2. The molecule has 1 atom stereocenters. The molecular weight excluding hydrogens is 230 g/mol. The van der Waals surface area contributed by atoms with Gasteiger partial charge in [0.2, 0.25) is 5.91 Å². The minimum atomic E-state index is 0.317. The zero-order valence-corrected chi connectivity index (χ0v) is 11.1. The van der Waals surface area contributed by atoms with Gasteiger partial charge in [-0.05, 0) is 25.0 Å². The summed E-state index contributed by atoms with van der Waals surface area (Å²) < 4.78 is 0. The molecule has 0 radical (unpaired) electrons. The molecule has 1 aliphatic rings. The van der Waals surface area contributed by atoms with Crippen LogP contribution in [0.25, 0.3) is 0 Å². The van der Waals surface area contributed by atoms with Crippen molar-refractivity contribution in [2.24, 2.45) is 0 Å². The van der Waals surface area contributed by atoms with Crippen molar-refractivity contribution in [1.29, 1.82) is 0 Å². The second-order valence-corrected chi connectivity index (χ2v) is 5.62. The van der Waals surface area contributed by atoms with Crippen LogP contribution in [0.3, 0.4) is 0 Å². The standard InChI is InChI=1S/C14H19NOS/c1-2-7-14(15-11-6-10-13(15)16)17-12-8-4-3-5-9-12/h3-5,8-9,14H,2,6-7,10-11H2,1H3. The molecule has 0 aliphatic carbocycles. The second-order valence-electron chi connectivity index (χ2n) is 4.36. The predicted molar refractivity (Wildman–Crippen MR) is 71.9 cm³/mol. The highest BCUT2D eigenvalue weighted by Crippen LogP contribution is 2.31. The lowest BCUT2D eigenvalue weighted by molar-refractivity contribution is -0.128. The van der Waals surface area contributed by atoms with E-state index in [-0.39, 0.29) is 0 Å². The third kappa shape index (κ3) is 3.25. The van der Waals surface area contributed by atoms with Crippen LogP contribution >= 0.6 is 11.8 Å². The van der Waals surface area contributed by atoms with Gasteiger partial charge in [0.15, 0.2) is 0 Å². The van der Waals surface area contributed by atoms with Crippen LogP contribution in [-0.4, -0.2) is 22.7 Å². The summed E-state index contributed by atoms with van der Waals surface area (Å²) in [5.41, 5.74) is 0. The Morgan fingerprint density at radius 2 is 2.12 bits per heavy atom. The fraction of sp³-hybridized carbons (Fsp3) is 0.500. The molecule has 0 N–H and O–H groups in total. The van der Waals surface area contributed by atoms with Crippen molar-refractivity contribution in [3.05, 3.63) is 30.3 Å². The van der Waals surface area contributed by atoms with Gasteiger partial charge in [0.25, 0.3) is 0 Å². The van der Waals surface area contributed by atoms with Gasteiger partial charge in [-0.15, -0.1) is 11.8 Å². The molecule has 1 unspecified atom stereocenters. The van der Waals surface area contributed by atoms with Crippen molar-refractivity contribution in [2.45, 2.75) is 42.9 Å². The minimum Gasteiger partial charge on any atom is -0.330 e. The maximum Gasteiger partial charge on any atom is 0.223 e. The van der Waals surface area contributed by atoms with Crippen LogP contribution < -0.4 is 0 Å². The Kier molecular flexibility index (Phi) is 4.49. The molecule has 1 aliphatic heterocycles. The number of nitrogens with zero attached hydrogens (tertiary/aromatic N) is 1. The van der Waals surface area contributed by atoms with E-state index in [1.54, 1.807) is 0 Å². The van der Waals surface area contributed by atoms with Gasteiger partial charge in [0, 0.05) is 17.9 Å². The largest absolute Gasteiger partial charge is 0.330 e. The number of likely N-dealkylation sites (tertiary alicyclic amines) is 1. The Labute approximate surface area is 107 Å². The molecule has 0 aromatic heterocycles. The van der Waals surface area contributed by atoms with Crippen molar-refractivity contribution >= 4 is 17.7 Å². The van der Waals surface area contributed by atoms with Crippen molar-refractivity contribution in [2.75, 3.05) is 6.54 Å². The Balaban J connectivity index is 2.04. The fourth-order valence-electron chi connectivity index (χ4n) is 2.16. The highest BCUT2D eigenvalue weighted by molar-refractivity contribution is 7.99. The van der Waals surface area contributed by atoms with E-state index >= 15 is 0 Å². The first-order chi connectivity index (χ1) is 8.31. The van der Waals surface area contributed by atoms with Gasteiger partial charge in [-0.25, -0.2) is 0 Å². The first kappa shape index (κ1) is 12.5. The Morgan fingerprint density at radius 3 is 2.71 bits per heavy atom. The summed E-state index contributed by atoms with van der Waals surface area (Å²) in [5.74, 6) is 0.326. The Hall–Kier alpha value is -0.960. The van der Waals surface area contributed by atoms with Crippen LogP contribution in [0.2, 0.25) is 0 Å². The SMILES string of the molecule is CCCC(Sc1ccccc1)N1CCCC1=O. The van der Waals surface area contributed by atoms with Crippen molar-refractivity contribution in [3.8, 4) is 0 Å². The predicted octanol–water partition coefficient (Wildman–Crippen LogP) is 3.53. The van der Waals surface area contributed by atoms with E-state index in [0.29, 0.717) is 11.3 Å². The minimum absolute atomic E-state index is 0.317. The molecule has 2 nitrogen and oxygen atoms in total. The van der Waals surface area contributed by atoms with E-state index in [0.717, 1.165) is 32.2 Å². The summed E-state index contributed by atoms with van der Waals surface area (Å²) >= 11 is 1.82. The van der Waals surface area contributed by atoms with Gasteiger partial charge in [0.05, 0.1) is 5.37 Å². The maximum absolute atomic E-state index is 11.8. The summed E-state index contributed by atoms with van der Waals surface area (Å²) in [7, 11) is 0. The van der Waals surface area contributed by atoms with Crippen LogP contribution in [0.4, 0.5) is 0 Å². The Morgan fingerprint density at radius 1 is 1.35 bits per heavy atom. The van der Waals surface area contributed by atoms with Gasteiger partial charge < -0.3 is 4.90 Å². The topological polar surface area (TPSA) is 20.3 Å². The average molecular weight is 249 g/mol. The third-order valence-corrected chi connectivity index (χ3v) is 4.32. The van der Waals surface area contributed by atoms with E-state index in [1.807, 2.05) is 17.8 Å². The van der Waals surface area contributed by atoms with Crippen LogP contribution in [0.5, 0.6) is 0 Å². The molecule has 1 aromatic rings. The quantitative estimate of drug-likeness (QED) is 0.744. The third-order valence-electron chi connectivity index (χ3n) is 3.01. The van der Waals surface area contributed by atoms with Gasteiger partial charge in [-0.1, -0.05) is 31.5 Å². The molecule has 0 saturated carbocycles. The Bertz CT molecular complexity index is 366. The van der Waals surface area contributed by atoms with Crippen LogP contribution in [-0.2, 0) is 4.79 Å². The zero-order chi connectivity index (χ0) is 12.1. The maximum atomic E-state index is 11.8. The molecule has 3 heteroatoms. The fourth-order valence-corrected chi connectivity index (χ4v) is 3.49. The normalized spacial score (nSPS) is 17.5. The molecule has 17 heavy (non-hydrogen) atoms. The van der Waals surface area contributed by atoms with Crippen LogP contribution in [0, 0.1) is 0 Å². The summed E-state index contributed by atoms with van der Waals surface area (Å²) in [6.45, 7) is 3.11. The molecule has 0 spiro atoms.